The fraction of sp³-hybridized carbons (Fsp3) is 0.474. The molecule has 2 amide bonds. The van der Waals surface area contributed by atoms with Crippen LogP contribution in [0.3, 0.4) is 0 Å². The first kappa shape index (κ1) is 47.6. The van der Waals surface area contributed by atoms with Crippen molar-refractivity contribution in [3.63, 3.8) is 0 Å². The van der Waals surface area contributed by atoms with Crippen LogP contribution in [0.15, 0.2) is 64.4 Å². The first-order chi connectivity index (χ1) is 27.7. The van der Waals surface area contributed by atoms with E-state index in [1.54, 1.807) is 41.5 Å². The predicted molar refractivity (Wildman–Crippen MR) is 224 cm³/mol. The largest absolute Gasteiger partial charge is 0.444 e. The van der Waals surface area contributed by atoms with Crippen molar-refractivity contribution in [2.45, 2.75) is 76.4 Å². The highest BCUT2D eigenvalue weighted by Gasteiger charge is 2.36. The van der Waals surface area contributed by atoms with Crippen molar-refractivity contribution in [1.29, 1.82) is 0 Å². The highest BCUT2D eigenvalue weighted by atomic mass is 35.5. The second-order valence-electron chi connectivity index (χ2n) is 16.1. The molecule has 5 rings (SSSR count). The van der Waals surface area contributed by atoms with Gasteiger partial charge in [0, 0.05) is 82.3 Å². The topological polar surface area (TPSA) is 232 Å². The van der Waals surface area contributed by atoms with Gasteiger partial charge in [-0.15, -0.1) is 0 Å². The van der Waals surface area contributed by atoms with Crippen molar-refractivity contribution in [3.05, 3.63) is 91.0 Å². The summed E-state index contributed by atoms with van der Waals surface area (Å²) < 4.78 is 65.6. The number of amides is 2. The van der Waals surface area contributed by atoms with E-state index in [4.69, 9.17) is 21.1 Å². The van der Waals surface area contributed by atoms with Crippen LogP contribution in [-0.2, 0) is 29.5 Å². The number of sulfonamides is 2. The van der Waals surface area contributed by atoms with E-state index < -0.39 is 53.3 Å². The molecule has 60 heavy (non-hydrogen) atoms. The molecule has 2 aliphatic rings. The number of aryl methyl sites for hydroxylation is 2. The van der Waals surface area contributed by atoms with Gasteiger partial charge in [0.25, 0.3) is 11.4 Å². The van der Waals surface area contributed by atoms with Gasteiger partial charge in [0.1, 0.15) is 21.0 Å². The average Bonchev–Trinajstić information content (AvgIpc) is 3.13. The summed E-state index contributed by atoms with van der Waals surface area (Å²) in [4.78, 5) is 47.7. The van der Waals surface area contributed by atoms with E-state index in [1.165, 1.54) is 32.3 Å². The predicted octanol–water partition coefficient (Wildman–Crippen LogP) is 6.69. The molecule has 0 aromatic heterocycles. The minimum atomic E-state index is -4.09. The van der Waals surface area contributed by atoms with Gasteiger partial charge in [0.15, 0.2) is 0 Å². The zero-order chi connectivity index (χ0) is 45.0. The van der Waals surface area contributed by atoms with E-state index in [9.17, 15) is 46.7 Å². The van der Waals surface area contributed by atoms with Gasteiger partial charge in [0.05, 0.1) is 20.6 Å². The number of rotatable bonds is 8. The van der Waals surface area contributed by atoms with Crippen molar-refractivity contribution in [2.75, 3.05) is 57.7 Å². The van der Waals surface area contributed by atoms with Gasteiger partial charge in [-0.1, -0.05) is 17.7 Å². The number of carbonyl (C=O) groups excluding carboxylic acids is 2. The molecule has 0 unspecified atom stereocenters. The monoisotopic (exact) mass is 895 g/mol. The van der Waals surface area contributed by atoms with Gasteiger partial charge >= 0.3 is 12.2 Å². The Kier molecular flexibility index (Phi) is 14.8. The lowest BCUT2D eigenvalue weighted by Gasteiger charge is -2.35. The van der Waals surface area contributed by atoms with Crippen LogP contribution in [0.1, 0.15) is 52.7 Å². The summed E-state index contributed by atoms with van der Waals surface area (Å²) in [7, 11) is -8.10. The molecule has 0 bridgehead atoms. The van der Waals surface area contributed by atoms with Crippen LogP contribution in [0, 0.1) is 34.1 Å². The van der Waals surface area contributed by atoms with Gasteiger partial charge in [-0.05, 0) is 90.8 Å². The summed E-state index contributed by atoms with van der Waals surface area (Å²) in [5.41, 5.74) is 0.925. The normalized spacial score (nSPS) is 15.7. The molecule has 1 N–H and O–H groups in total. The molecule has 2 heterocycles. The zero-order valence-corrected chi connectivity index (χ0v) is 37.0. The average molecular weight is 896 g/mol. The lowest BCUT2D eigenvalue weighted by Crippen LogP contribution is -2.51. The molecular weight excluding hydrogens is 846 g/mol. The minimum absolute atomic E-state index is 0.0423. The fourth-order valence-corrected chi connectivity index (χ4v) is 9.61. The Morgan fingerprint density at radius 2 is 1.02 bits per heavy atom. The third-order valence-electron chi connectivity index (χ3n) is 8.82. The molecular formula is C38H50ClN7O12S2. The maximum absolute atomic E-state index is 13.5. The van der Waals surface area contributed by atoms with Crippen molar-refractivity contribution < 1.29 is 45.7 Å². The van der Waals surface area contributed by atoms with Gasteiger partial charge in [0.2, 0.25) is 20.0 Å². The summed E-state index contributed by atoms with van der Waals surface area (Å²) in [6.07, 6.45) is -1.01. The second kappa shape index (κ2) is 18.7. The molecule has 0 atom stereocenters. The Hall–Kier alpha value is -5.09. The summed E-state index contributed by atoms with van der Waals surface area (Å²) >= 11 is 5.94. The zero-order valence-electron chi connectivity index (χ0n) is 34.6. The summed E-state index contributed by atoms with van der Waals surface area (Å²) in [5, 5.41) is 25.3. The van der Waals surface area contributed by atoms with Crippen LogP contribution in [-0.4, -0.2) is 121 Å². The number of piperazine rings is 2. The quantitative estimate of drug-likeness (QED) is 0.184. The van der Waals surface area contributed by atoms with Crippen molar-refractivity contribution in [1.82, 2.24) is 18.4 Å². The summed E-state index contributed by atoms with van der Waals surface area (Å²) in [5.74, 6) is 0. The molecule has 19 nitrogen and oxygen atoms in total. The number of ether oxygens (including phenoxy) is 2. The number of anilines is 2. The Labute approximate surface area is 354 Å². The number of halogens is 1. The van der Waals surface area contributed by atoms with E-state index in [2.05, 4.69) is 5.32 Å². The fourth-order valence-electron chi connectivity index (χ4n) is 6.10. The number of carbonyl (C=O) groups is 2. The standard InChI is InChI=1S/C23H30N4O6S.C15H20ClN3O6S/c1-16-12-17(2)14-18(13-16)24-20-7-6-19(27(29)30)15-21(20)34(31,32)26-10-8-25(9-11-26)22(28)33-23(3,4)5;1-15(2,3)25-14(20)17-6-8-18(9-7-17)26(23,24)13-10-11(19(21)22)4-5-12(13)16/h6-7,12-15,24H,8-11H2,1-5H3;4-5,10H,6-9H2,1-3H3. The van der Waals surface area contributed by atoms with Crippen molar-refractivity contribution in [3.8, 4) is 0 Å². The number of nitro groups is 2. The van der Waals surface area contributed by atoms with E-state index in [0.717, 1.165) is 33.6 Å². The SMILES string of the molecule is CC(C)(C)OC(=O)N1CCN(S(=O)(=O)c2cc([N+](=O)[O-])ccc2Cl)CC1.Cc1cc(C)cc(Nc2ccc([N+](=O)[O-])cc2S(=O)(=O)N2CCN(C(=O)OC(C)(C)C)CC2)c1. The molecule has 2 fully saturated rings. The maximum Gasteiger partial charge on any atom is 0.410 e. The smallest absolute Gasteiger partial charge is 0.410 e. The first-order valence-electron chi connectivity index (χ1n) is 18.7. The maximum atomic E-state index is 13.5. The second-order valence-corrected chi connectivity index (χ2v) is 20.3. The number of nitro benzene ring substituents is 2. The van der Waals surface area contributed by atoms with Gasteiger partial charge in [-0.2, -0.15) is 8.61 Å². The van der Waals surface area contributed by atoms with Gasteiger partial charge in [-0.25, -0.2) is 26.4 Å². The van der Waals surface area contributed by atoms with Crippen LogP contribution in [0.5, 0.6) is 0 Å². The molecule has 2 aliphatic heterocycles. The van der Waals surface area contributed by atoms with Crippen molar-refractivity contribution >= 4 is 66.6 Å². The third kappa shape index (κ3) is 12.5. The number of nitrogens with zero attached hydrogens (tertiary/aromatic N) is 6. The molecule has 0 saturated carbocycles. The molecule has 3 aromatic carbocycles. The Morgan fingerprint density at radius 3 is 1.42 bits per heavy atom. The van der Waals surface area contributed by atoms with Gasteiger partial charge in [-0.3, -0.25) is 20.2 Å². The van der Waals surface area contributed by atoms with Crippen LogP contribution in [0.25, 0.3) is 0 Å². The molecule has 0 radical (unpaired) electrons. The lowest BCUT2D eigenvalue weighted by atomic mass is 10.1. The van der Waals surface area contributed by atoms with Crippen LogP contribution in [0.4, 0.5) is 32.3 Å². The number of hydrogen-bond acceptors (Lipinski definition) is 13. The third-order valence-corrected chi connectivity index (χ3v) is 13.1. The molecule has 328 valence electrons. The van der Waals surface area contributed by atoms with E-state index in [1.807, 2.05) is 32.0 Å². The number of nitrogens with one attached hydrogen (secondary N) is 1. The van der Waals surface area contributed by atoms with Crippen LogP contribution < -0.4 is 5.32 Å². The highest BCUT2D eigenvalue weighted by molar-refractivity contribution is 7.89. The highest BCUT2D eigenvalue weighted by Crippen LogP contribution is 2.33. The Morgan fingerprint density at radius 1 is 0.633 bits per heavy atom. The number of non-ortho nitro benzene ring substituents is 2. The van der Waals surface area contributed by atoms with Crippen LogP contribution in [0.2, 0.25) is 5.02 Å². The first-order valence-corrected chi connectivity index (χ1v) is 22.0. The minimum Gasteiger partial charge on any atom is -0.444 e. The Bertz CT molecular complexity index is 2310. The van der Waals surface area contributed by atoms with Crippen molar-refractivity contribution in [2.24, 2.45) is 0 Å². The molecule has 0 aliphatic carbocycles. The van der Waals surface area contributed by atoms with E-state index in [-0.39, 0.29) is 84.2 Å². The Balaban J connectivity index is 0.000000275. The number of hydrogen-bond donors (Lipinski definition) is 1. The molecule has 3 aromatic rings. The molecule has 2 saturated heterocycles. The molecule has 0 spiro atoms. The van der Waals surface area contributed by atoms with E-state index >= 15 is 0 Å². The summed E-state index contributed by atoms with van der Waals surface area (Å²) in [6, 6.07) is 12.7. The lowest BCUT2D eigenvalue weighted by molar-refractivity contribution is -0.385. The number of benzene rings is 3. The van der Waals surface area contributed by atoms with Gasteiger partial charge < -0.3 is 24.6 Å². The van der Waals surface area contributed by atoms with E-state index in [0.29, 0.717) is 5.69 Å². The summed E-state index contributed by atoms with van der Waals surface area (Å²) in [6.45, 7) is 15.2. The molecule has 22 heteroatoms. The van der Waals surface area contributed by atoms with Crippen LogP contribution >= 0.6 is 11.6 Å².